The van der Waals surface area contributed by atoms with Gasteiger partial charge in [-0.3, -0.25) is 9.36 Å². The van der Waals surface area contributed by atoms with E-state index in [9.17, 15) is 9.59 Å². The molecule has 1 aliphatic heterocycles. The van der Waals surface area contributed by atoms with Crippen molar-refractivity contribution in [2.24, 2.45) is 0 Å². The molecule has 1 aromatic heterocycles. The van der Waals surface area contributed by atoms with Gasteiger partial charge in [0.05, 0.1) is 6.04 Å². The molecule has 0 spiro atoms. The van der Waals surface area contributed by atoms with Crippen molar-refractivity contribution in [2.75, 3.05) is 0 Å². The average molecular weight is 393 g/mol. The quantitative estimate of drug-likeness (QED) is 0.868. The van der Waals surface area contributed by atoms with E-state index >= 15 is 0 Å². The number of carbonyl (C=O) groups is 1. The molecule has 0 saturated carbocycles. The fourth-order valence-corrected chi connectivity index (χ4v) is 3.43. The number of carbonyl (C=O) groups excluding carboxylic acids is 1. The van der Waals surface area contributed by atoms with Crippen LogP contribution in [0.1, 0.15) is 43.6 Å². The molecule has 1 aromatic carbocycles. The van der Waals surface area contributed by atoms with E-state index < -0.39 is 0 Å². The fourth-order valence-electron chi connectivity index (χ4n) is 3.01. The predicted molar refractivity (Wildman–Crippen MR) is 94.7 cm³/mol. The fraction of sp³-hybridized carbons (Fsp3) is 0.471. The highest BCUT2D eigenvalue weighted by molar-refractivity contribution is 9.10. The normalized spacial score (nSPS) is 15.4. The molecule has 2 aromatic rings. The van der Waals surface area contributed by atoms with Gasteiger partial charge >= 0.3 is 5.69 Å². The molecular weight excluding hydrogens is 372 g/mol. The Bertz CT molecular complexity index is 796. The second-order valence-electron chi connectivity index (χ2n) is 6.16. The highest BCUT2D eigenvalue weighted by Crippen LogP contribution is 2.17. The van der Waals surface area contributed by atoms with Crippen LogP contribution in [0.5, 0.6) is 0 Å². The van der Waals surface area contributed by atoms with E-state index in [1.165, 1.54) is 4.68 Å². The number of halogens is 1. The number of hydrogen-bond donors (Lipinski definition) is 1. The molecule has 24 heavy (non-hydrogen) atoms. The molecule has 1 aliphatic rings. The molecule has 3 rings (SSSR count). The first-order chi connectivity index (χ1) is 11.5. The Labute approximate surface area is 149 Å². The van der Waals surface area contributed by atoms with Crippen molar-refractivity contribution >= 4 is 21.8 Å². The summed E-state index contributed by atoms with van der Waals surface area (Å²) in [7, 11) is 0. The van der Waals surface area contributed by atoms with Gasteiger partial charge in [0.25, 0.3) is 0 Å². The molecular formula is C17H21BrN4O2. The van der Waals surface area contributed by atoms with Crippen LogP contribution in [-0.4, -0.2) is 20.3 Å². The number of benzene rings is 1. The zero-order valence-electron chi connectivity index (χ0n) is 13.7. The maximum absolute atomic E-state index is 12.4. The van der Waals surface area contributed by atoms with E-state index in [-0.39, 0.29) is 24.2 Å². The summed E-state index contributed by atoms with van der Waals surface area (Å²) in [5.74, 6) is 0.586. The van der Waals surface area contributed by atoms with Crippen LogP contribution in [-0.2, 0) is 24.3 Å². The molecule has 0 aliphatic carbocycles. The monoisotopic (exact) mass is 392 g/mol. The number of nitrogens with zero attached hydrogens (tertiary/aromatic N) is 3. The molecule has 0 fully saturated rings. The van der Waals surface area contributed by atoms with Gasteiger partial charge in [-0.15, -0.1) is 0 Å². The minimum Gasteiger partial charge on any atom is -0.348 e. The number of hydrogen-bond acceptors (Lipinski definition) is 3. The van der Waals surface area contributed by atoms with Crippen LogP contribution in [0.2, 0.25) is 0 Å². The lowest BCUT2D eigenvalue weighted by Crippen LogP contribution is -2.35. The van der Waals surface area contributed by atoms with Crippen molar-refractivity contribution in [1.29, 1.82) is 0 Å². The highest BCUT2D eigenvalue weighted by Gasteiger charge is 2.18. The lowest BCUT2D eigenvalue weighted by atomic mass is 10.1. The largest absolute Gasteiger partial charge is 0.348 e. The number of aryl methyl sites for hydroxylation is 1. The van der Waals surface area contributed by atoms with Crippen molar-refractivity contribution < 1.29 is 4.79 Å². The van der Waals surface area contributed by atoms with Gasteiger partial charge in [-0.05, 0) is 37.5 Å². The summed E-state index contributed by atoms with van der Waals surface area (Å²) in [4.78, 5) is 24.7. The van der Waals surface area contributed by atoms with E-state index in [1.807, 2.05) is 31.2 Å². The van der Waals surface area contributed by atoms with E-state index in [4.69, 9.17) is 0 Å². The number of amides is 1. The van der Waals surface area contributed by atoms with Crippen LogP contribution in [0.3, 0.4) is 0 Å². The summed E-state index contributed by atoms with van der Waals surface area (Å²) in [5, 5.41) is 7.27. The lowest BCUT2D eigenvalue weighted by Gasteiger charge is -2.14. The number of fused-ring (bicyclic) bond motifs is 1. The molecule has 6 nitrogen and oxygen atoms in total. The Morgan fingerprint density at radius 2 is 2.21 bits per heavy atom. The Morgan fingerprint density at radius 3 is 3.00 bits per heavy atom. The molecule has 7 heteroatoms. The van der Waals surface area contributed by atoms with Gasteiger partial charge in [0.2, 0.25) is 5.91 Å². The van der Waals surface area contributed by atoms with Gasteiger partial charge in [0.1, 0.15) is 12.4 Å². The van der Waals surface area contributed by atoms with Gasteiger partial charge in [-0.2, -0.15) is 5.10 Å². The Hall–Kier alpha value is -1.89. The molecule has 0 saturated heterocycles. The van der Waals surface area contributed by atoms with Crippen LogP contribution < -0.4 is 11.0 Å². The van der Waals surface area contributed by atoms with Crippen LogP contribution in [0.15, 0.2) is 33.5 Å². The van der Waals surface area contributed by atoms with Crippen LogP contribution in [0.25, 0.3) is 0 Å². The topological polar surface area (TPSA) is 68.9 Å². The Kier molecular flexibility index (Phi) is 5.18. The first-order valence-electron chi connectivity index (χ1n) is 8.26. The van der Waals surface area contributed by atoms with Crippen molar-refractivity contribution in [3.8, 4) is 0 Å². The number of nitrogens with one attached hydrogen (secondary N) is 1. The molecule has 1 unspecified atom stereocenters. The SMILES string of the molecule is CC(NC(=O)Cn1nc2n(c1=O)CCCCC2)c1cccc(Br)c1. The second kappa shape index (κ2) is 7.34. The Morgan fingerprint density at radius 1 is 1.38 bits per heavy atom. The van der Waals surface area contributed by atoms with Gasteiger partial charge in [-0.1, -0.05) is 34.5 Å². The highest BCUT2D eigenvalue weighted by atomic mass is 79.9. The molecule has 128 valence electrons. The summed E-state index contributed by atoms with van der Waals surface area (Å²) in [6, 6.07) is 7.66. The van der Waals surface area contributed by atoms with Crippen molar-refractivity contribution in [1.82, 2.24) is 19.7 Å². The van der Waals surface area contributed by atoms with Gasteiger partial charge in [0, 0.05) is 17.4 Å². The molecule has 1 amide bonds. The van der Waals surface area contributed by atoms with E-state index in [0.29, 0.717) is 6.54 Å². The summed E-state index contributed by atoms with van der Waals surface area (Å²) >= 11 is 3.43. The van der Waals surface area contributed by atoms with Gasteiger partial charge in [-0.25, -0.2) is 9.48 Å². The van der Waals surface area contributed by atoms with Crippen LogP contribution >= 0.6 is 15.9 Å². The first kappa shape index (κ1) is 17.0. The summed E-state index contributed by atoms with van der Waals surface area (Å²) in [6.07, 6.45) is 3.96. The molecule has 2 heterocycles. The second-order valence-corrected chi connectivity index (χ2v) is 7.08. The maximum atomic E-state index is 12.4. The van der Waals surface area contributed by atoms with Crippen molar-refractivity contribution in [3.05, 3.63) is 50.6 Å². The van der Waals surface area contributed by atoms with Crippen LogP contribution in [0, 0.1) is 0 Å². The van der Waals surface area contributed by atoms with Crippen LogP contribution in [0.4, 0.5) is 0 Å². The van der Waals surface area contributed by atoms with E-state index in [1.54, 1.807) is 4.57 Å². The zero-order chi connectivity index (χ0) is 17.1. The van der Waals surface area contributed by atoms with Crippen molar-refractivity contribution in [2.45, 2.75) is 51.7 Å². The van der Waals surface area contributed by atoms with Gasteiger partial charge in [0.15, 0.2) is 0 Å². The molecule has 0 bridgehead atoms. The third-order valence-electron chi connectivity index (χ3n) is 4.30. The van der Waals surface area contributed by atoms with E-state index in [2.05, 4.69) is 26.3 Å². The smallest absolute Gasteiger partial charge is 0.346 e. The van der Waals surface area contributed by atoms with Gasteiger partial charge < -0.3 is 5.32 Å². The third-order valence-corrected chi connectivity index (χ3v) is 4.79. The average Bonchev–Trinajstić information content (AvgIpc) is 2.73. The Balaban J connectivity index is 1.68. The maximum Gasteiger partial charge on any atom is 0.346 e. The summed E-state index contributed by atoms with van der Waals surface area (Å²) in [6.45, 7) is 2.58. The number of aromatic nitrogens is 3. The number of rotatable bonds is 4. The molecule has 1 N–H and O–H groups in total. The molecule has 1 atom stereocenters. The lowest BCUT2D eigenvalue weighted by molar-refractivity contribution is -0.122. The standard InChI is InChI=1S/C17H21BrN4O2/c1-12(13-6-5-7-14(18)10-13)19-16(23)11-22-17(24)21-9-4-2-3-8-15(21)20-22/h5-7,10,12H,2-4,8-9,11H2,1H3,(H,19,23). The van der Waals surface area contributed by atoms with Crippen molar-refractivity contribution in [3.63, 3.8) is 0 Å². The minimum atomic E-state index is -0.210. The minimum absolute atomic E-state index is 0.0445. The third kappa shape index (κ3) is 3.77. The van der Waals surface area contributed by atoms with E-state index in [0.717, 1.165) is 41.5 Å². The molecule has 0 radical (unpaired) electrons. The predicted octanol–water partition coefficient (Wildman–Crippen LogP) is 2.41. The summed E-state index contributed by atoms with van der Waals surface area (Å²) in [5.41, 5.74) is 0.822. The first-order valence-corrected chi connectivity index (χ1v) is 9.05. The summed E-state index contributed by atoms with van der Waals surface area (Å²) < 4.78 is 3.96. The zero-order valence-corrected chi connectivity index (χ0v) is 15.3.